The minimum Gasteiger partial charge on any atom is -0.454 e. The molecule has 0 spiro atoms. The van der Waals surface area contributed by atoms with Crippen molar-refractivity contribution in [3.8, 4) is 22.3 Å². The molecular formula is C51H45BN2O. The molecule has 4 heterocycles. The molecule has 0 amide bonds. The topological polar surface area (TPSA) is 21.3 Å². The predicted molar refractivity (Wildman–Crippen MR) is 232 cm³/mol. The maximum Gasteiger partial charge on any atom is 0.333 e. The van der Waals surface area contributed by atoms with E-state index in [-0.39, 0.29) is 23.1 Å². The average Bonchev–Trinajstić information content (AvgIpc) is 3.78. The maximum atomic E-state index is 6.80. The number of rotatable bonds is 1. The van der Waals surface area contributed by atoms with Crippen molar-refractivity contribution in [1.29, 1.82) is 0 Å². The third kappa shape index (κ3) is 3.79. The molecule has 6 aromatic carbocycles. The van der Waals surface area contributed by atoms with Crippen LogP contribution in [0.2, 0.25) is 0 Å². The molecule has 2 aliphatic heterocycles. The third-order valence-corrected chi connectivity index (χ3v) is 14.4. The van der Waals surface area contributed by atoms with Crippen molar-refractivity contribution in [2.45, 2.75) is 84.5 Å². The monoisotopic (exact) mass is 712 g/mol. The SMILES string of the molecule is Cc1cc2c3c(c1)N(c1cc4c(cc1C)C(C)(C)CCC4(C)C)c1c(ccc4c1C(C)(C)c1ccccc1-4)B3n1c3c-2cccc3c2oc3ccccc3c21. The van der Waals surface area contributed by atoms with Crippen molar-refractivity contribution in [3.63, 3.8) is 0 Å². The lowest BCUT2D eigenvalue weighted by Crippen LogP contribution is -2.57. The second kappa shape index (κ2) is 10.0. The van der Waals surface area contributed by atoms with Crippen LogP contribution >= 0.6 is 0 Å². The van der Waals surface area contributed by atoms with E-state index >= 15 is 0 Å². The van der Waals surface area contributed by atoms with E-state index in [2.05, 4.69) is 168 Å². The predicted octanol–water partition coefficient (Wildman–Crippen LogP) is 12.2. The van der Waals surface area contributed by atoms with Gasteiger partial charge in [0.1, 0.15) is 5.58 Å². The van der Waals surface area contributed by atoms with Crippen LogP contribution in [0.25, 0.3) is 55.2 Å². The van der Waals surface area contributed by atoms with Gasteiger partial charge in [-0.05, 0) is 129 Å². The molecule has 0 atom stereocenters. The van der Waals surface area contributed by atoms with Crippen LogP contribution in [-0.2, 0) is 16.2 Å². The summed E-state index contributed by atoms with van der Waals surface area (Å²) in [5, 5.41) is 2.36. The van der Waals surface area contributed by atoms with Gasteiger partial charge in [-0.3, -0.25) is 0 Å². The van der Waals surface area contributed by atoms with Gasteiger partial charge in [0.25, 0.3) is 0 Å². The van der Waals surface area contributed by atoms with Gasteiger partial charge < -0.3 is 13.8 Å². The number of benzene rings is 6. The molecule has 0 saturated carbocycles. The Balaban J connectivity index is 1.27. The molecule has 0 saturated heterocycles. The van der Waals surface area contributed by atoms with Gasteiger partial charge >= 0.3 is 6.85 Å². The number of anilines is 3. The first-order valence-electron chi connectivity index (χ1n) is 20.2. The van der Waals surface area contributed by atoms with E-state index in [0.717, 1.165) is 11.2 Å². The van der Waals surface area contributed by atoms with E-state index in [1.807, 2.05) is 0 Å². The minimum absolute atomic E-state index is 0.0362. The Morgan fingerprint density at radius 3 is 2.13 bits per heavy atom. The Kier molecular flexibility index (Phi) is 5.81. The summed E-state index contributed by atoms with van der Waals surface area (Å²) < 4.78 is 9.46. The first-order chi connectivity index (χ1) is 26.4. The molecule has 268 valence electrons. The summed E-state index contributed by atoms with van der Waals surface area (Å²) in [4.78, 5) is 2.72. The zero-order valence-electron chi connectivity index (χ0n) is 33.1. The van der Waals surface area contributed by atoms with Gasteiger partial charge in [0.05, 0.1) is 5.52 Å². The van der Waals surface area contributed by atoms with E-state index in [4.69, 9.17) is 4.42 Å². The van der Waals surface area contributed by atoms with Crippen LogP contribution in [0.3, 0.4) is 0 Å². The summed E-state index contributed by atoms with van der Waals surface area (Å²) in [6, 6.07) is 39.5. The highest BCUT2D eigenvalue weighted by molar-refractivity contribution is 6.90. The Morgan fingerprint density at radius 2 is 1.31 bits per heavy atom. The highest BCUT2D eigenvalue weighted by Crippen LogP contribution is 2.57. The third-order valence-electron chi connectivity index (χ3n) is 14.4. The molecule has 4 aliphatic rings. The number of aromatic nitrogens is 1. The van der Waals surface area contributed by atoms with Gasteiger partial charge in [0.2, 0.25) is 0 Å². The van der Waals surface area contributed by atoms with E-state index < -0.39 is 0 Å². The van der Waals surface area contributed by atoms with E-state index in [1.165, 1.54) is 118 Å². The van der Waals surface area contributed by atoms with Crippen molar-refractivity contribution >= 4 is 67.8 Å². The van der Waals surface area contributed by atoms with E-state index in [1.54, 1.807) is 0 Å². The molecular weight excluding hydrogens is 667 g/mol. The fourth-order valence-corrected chi connectivity index (χ4v) is 11.6. The Bertz CT molecular complexity index is 3060. The van der Waals surface area contributed by atoms with Gasteiger partial charge in [-0.2, -0.15) is 0 Å². The molecule has 4 heteroatoms. The van der Waals surface area contributed by atoms with Gasteiger partial charge in [-0.15, -0.1) is 0 Å². The van der Waals surface area contributed by atoms with E-state index in [9.17, 15) is 0 Å². The fraction of sp³-hybridized carbons (Fsp3) is 0.255. The van der Waals surface area contributed by atoms with Crippen LogP contribution in [-0.4, -0.2) is 11.3 Å². The summed E-state index contributed by atoms with van der Waals surface area (Å²) in [6.07, 6.45) is 2.38. The number of fused-ring (bicyclic) bond motifs is 14. The zero-order valence-corrected chi connectivity index (χ0v) is 33.1. The normalized spacial score (nSPS) is 17.7. The summed E-state index contributed by atoms with van der Waals surface area (Å²) >= 11 is 0. The lowest BCUT2D eigenvalue weighted by atomic mass is 9.44. The number of hydrogen-bond donors (Lipinski definition) is 0. The Hall–Kier alpha value is -5.48. The standard InChI is InChI=1S/C51H45BN2O/c1-28-24-35-32-16-13-17-34-45(32)54(46-33-15-10-12-19-42(33)55-48(34)46)52-39-21-20-31-30-14-9-11-18-36(30)51(7,8)43(31)47(39)53(41(25-28)44(35)52)40-27-38-37(26-29(40)2)49(3,4)22-23-50(38,5)6/h9-21,24-27H,22-23H2,1-8H3. The van der Waals surface area contributed by atoms with Gasteiger partial charge in [0, 0.05) is 44.3 Å². The molecule has 0 fully saturated rings. The smallest absolute Gasteiger partial charge is 0.333 e. The molecule has 3 nitrogen and oxygen atoms in total. The molecule has 8 aromatic rings. The van der Waals surface area contributed by atoms with Crippen LogP contribution in [0.15, 0.2) is 108 Å². The Morgan fingerprint density at radius 1 is 0.600 bits per heavy atom. The zero-order chi connectivity index (χ0) is 37.5. The fourth-order valence-electron chi connectivity index (χ4n) is 11.6. The highest BCUT2D eigenvalue weighted by atomic mass is 16.3. The molecule has 0 unspecified atom stereocenters. The molecule has 0 radical (unpaired) electrons. The van der Waals surface area contributed by atoms with Crippen LogP contribution in [0.4, 0.5) is 17.1 Å². The van der Waals surface area contributed by atoms with Crippen LogP contribution in [0.5, 0.6) is 0 Å². The highest BCUT2D eigenvalue weighted by Gasteiger charge is 2.49. The summed E-state index contributed by atoms with van der Waals surface area (Å²) in [5.74, 6) is 0. The van der Waals surface area contributed by atoms with Gasteiger partial charge in [-0.25, -0.2) is 0 Å². The van der Waals surface area contributed by atoms with Crippen LogP contribution in [0, 0.1) is 13.8 Å². The van der Waals surface area contributed by atoms with Crippen molar-refractivity contribution in [3.05, 3.63) is 137 Å². The van der Waals surface area contributed by atoms with Crippen LogP contribution in [0.1, 0.15) is 87.8 Å². The van der Waals surface area contributed by atoms with Crippen molar-refractivity contribution < 1.29 is 4.42 Å². The summed E-state index contributed by atoms with van der Waals surface area (Å²) in [6.45, 7) is 19.3. The second-order valence-corrected chi connectivity index (χ2v) is 18.9. The number of nitrogens with zero attached hydrogens (tertiary/aromatic N) is 2. The number of para-hydroxylation sites is 2. The largest absolute Gasteiger partial charge is 0.454 e. The summed E-state index contributed by atoms with van der Waals surface area (Å²) in [5.41, 5.74) is 24.8. The van der Waals surface area contributed by atoms with Gasteiger partial charge in [-0.1, -0.05) is 114 Å². The van der Waals surface area contributed by atoms with Gasteiger partial charge in [0.15, 0.2) is 5.58 Å². The second-order valence-electron chi connectivity index (χ2n) is 18.9. The lowest BCUT2D eigenvalue weighted by molar-refractivity contribution is 0.332. The quantitative estimate of drug-likeness (QED) is 0.158. The number of furan rings is 1. The molecule has 12 rings (SSSR count). The van der Waals surface area contributed by atoms with E-state index in [0.29, 0.717) is 0 Å². The summed E-state index contributed by atoms with van der Waals surface area (Å²) in [7, 11) is 0. The van der Waals surface area contributed by atoms with Crippen molar-refractivity contribution in [1.82, 2.24) is 4.48 Å². The molecule has 0 N–H and O–H groups in total. The average molecular weight is 713 g/mol. The molecule has 55 heavy (non-hydrogen) atoms. The van der Waals surface area contributed by atoms with Crippen LogP contribution < -0.4 is 15.8 Å². The molecule has 0 bridgehead atoms. The first kappa shape index (κ1) is 31.8. The number of aryl methyl sites for hydroxylation is 2. The molecule has 2 aliphatic carbocycles. The minimum atomic E-state index is -0.209. The molecule has 2 aromatic heterocycles. The maximum absolute atomic E-state index is 6.80. The first-order valence-corrected chi connectivity index (χ1v) is 20.2. The lowest BCUT2D eigenvalue weighted by Gasteiger charge is -2.46. The van der Waals surface area contributed by atoms with Crippen molar-refractivity contribution in [2.24, 2.45) is 0 Å². The van der Waals surface area contributed by atoms with Crippen molar-refractivity contribution in [2.75, 3.05) is 4.90 Å². The Labute approximate surface area is 323 Å². The number of hydrogen-bond acceptors (Lipinski definition) is 2.